The number of hydrogen-bond acceptors (Lipinski definition) is 3. The SMILES string of the molecule is CC(C)OC(=O)/C=C/c1ccc(-c2ccc(Br)cc2F)o1. The summed E-state index contributed by atoms with van der Waals surface area (Å²) in [4.78, 5) is 11.4. The van der Waals surface area contributed by atoms with E-state index in [0.717, 1.165) is 0 Å². The largest absolute Gasteiger partial charge is 0.460 e. The standard InChI is InChI=1S/C16H14BrFO3/c1-10(2)20-16(19)8-5-12-4-7-15(21-12)13-6-3-11(17)9-14(13)18/h3-10H,1-2H3/b8-5+. The minimum atomic E-state index is -0.447. The van der Waals surface area contributed by atoms with Crippen molar-refractivity contribution in [1.82, 2.24) is 0 Å². The van der Waals surface area contributed by atoms with Crippen LogP contribution in [0.2, 0.25) is 0 Å². The van der Waals surface area contributed by atoms with E-state index in [0.29, 0.717) is 21.6 Å². The first-order valence-electron chi connectivity index (χ1n) is 6.39. The summed E-state index contributed by atoms with van der Waals surface area (Å²) in [6.07, 6.45) is 2.59. The number of hydrogen-bond donors (Lipinski definition) is 0. The van der Waals surface area contributed by atoms with Crippen molar-refractivity contribution < 1.29 is 18.3 Å². The predicted octanol–water partition coefficient (Wildman–Crippen LogP) is 4.81. The average molecular weight is 353 g/mol. The Morgan fingerprint density at radius 3 is 2.76 bits per heavy atom. The Kier molecular flexibility index (Phi) is 4.96. The van der Waals surface area contributed by atoms with Crippen LogP contribution in [0.3, 0.4) is 0 Å². The second-order valence-electron chi connectivity index (χ2n) is 4.65. The summed E-state index contributed by atoms with van der Waals surface area (Å²) in [6.45, 7) is 3.54. The van der Waals surface area contributed by atoms with Gasteiger partial charge in [-0.2, -0.15) is 0 Å². The van der Waals surface area contributed by atoms with Crippen LogP contribution in [-0.2, 0) is 9.53 Å². The summed E-state index contributed by atoms with van der Waals surface area (Å²) in [6, 6.07) is 8.04. The Bertz CT molecular complexity index is 674. The summed E-state index contributed by atoms with van der Waals surface area (Å²) in [5.41, 5.74) is 0.364. The van der Waals surface area contributed by atoms with Crippen LogP contribution in [0.25, 0.3) is 17.4 Å². The van der Waals surface area contributed by atoms with Gasteiger partial charge in [0, 0.05) is 10.5 Å². The molecule has 1 aromatic heterocycles. The van der Waals surface area contributed by atoms with Crippen LogP contribution in [0.4, 0.5) is 4.39 Å². The molecule has 0 unspecified atom stereocenters. The molecule has 1 heterocycles. The molecular formula is C16H14BrFO3. The van der Waals surface area contributed by atoms with E-state index in [1.54, 1.807) is 38.1 Å². The summed E-state index contributed by atoms with van der Waals surface area (Å²) < 4.78 is 24.9. The summed E-state index contributed by atoms with van der Waals surface area (Å²) in [7, 11) is 0. The molecule has 0 amide bonds. The van der Waals surface area contributed by atoms with Gasteiger partial charge in [-0.15, -0.1) is 0 Å². The molecule has 0 radical (unpaired) electrons. The molecule has 0 fully saturated rings. The molecule has 1 aromatic carbocycles. The quantitative estimate of drug-likeness (QED) is 0.585. The first-order valence-corrected chi connectivity index (χ1v) is 7.19. The Balaban J connectivity index is 2.15. The molecule has 0 aliphatic rings. The second kappa shape index (κ2) is 6.72. The maximum atomic E-state index is 13.8. The number of benzene rings is 1. The maximum Gasteiger partial charge on any atom is 0.331 e. The van der Waals surface area contributed by atoms with E-state index in [4.69, 9.17) is 9.15 Å². The van der Waals surface area contributed by atoms with Gasteiger partial charge in [-0.05, 0) is 50.3 Å². The molecule has 0 aliphatic carbocycles. The van der Waals surface area contributed by atoms with Crippen LogP contribution in [0.15, 0.2) is 45.3 Å². The first kappa shape index (κ1) is 15.5. The molecule has 0 saturated carbocycles. The molecule has 21 heavy (non-hydrogen) atoms. The van der Waals surface area contributed by atoms with Crippen molar-refractivity contribution in [3.8, 4) is 11.3 Å². The maximum absolute atomic E-state index is 13.8. The number of carbonyl (C=O) groups excluding carboxylic acids is 1. The van der Waals surface area contributed by atoms with Crippen molar-refractivity contribution >= 4 is 28.0 Å². The lowest BCUT2D eigenvalue weighted by Gasteiger charge is -2.03. The van der Waals surface area contributed by atoms with E-state index in [-0.39, 0.29) is 11.9 Å². The van der Waals surface area contributed by atoms with Crippen LogP contribution in [0.1, 0.15) is 19.6 Å². The van der Waals surface area contributed by atoms with Gasteiger partial charge < -0.3 is 9.15 Å². The van der Waals surface area contributed by atoms with E-state index in [2.05, 4.69) is 15.9 Å². The van der Waals surface area contributed by atoms with Gasteiger partial charge in [0.05, 0.1) is 11.7 Å². The van der Waals surface area contributed by atoms with Crippen LogP contribution in [0, 0.1) is 5.82 Å². The van der Waals surface area contributed by atoms with E-state index in [1.807, 2.05) is 0 Å². The Hall–Kier alpha value is -1.88. The lowest BCUT2D eigenvalue weighted by atomic mass is 10.1. The smallest absolute Gasteiger partial charge is 0.331 e. The molecule has 0 atom stereocenters. The monoisotopic (exact) mass is 352 g/mol. The van der Waals surface area contributed by atoms with Crippen molar-refractivity contribution in [3.05, 3.63) is 52.5 Å². The van der Waals surface area contributed by atoms with Crippen LogP contribution >= 0.6 is 15.9 Å². The molecule has 0 spiro atoms. The minimum Gasteiger partial charge on any atom is -0.460 e. The molecule has 0 saturated heterocycles. The third kappa shape index (κ3) is 4.29. The zero-order chi connectivity index (χ0) is 15.4. The van der Waals surface area contributed by atoms with Crippen LogP contribution < -0.4 is 0 Å². The molecule has 110 valence electrons. The molecule has 3 nitrogen and oxygen atoms in total. The van der Waals surface area contributed by atoms with Crippen molar-refractivity contribution in [2.24, 2.45) is 0 Å². The van der Waals surface area contributed by atoms with Gasteiger partial charge in [0.1, 0.15) is 17.3 Å². The van der Waals surface area contributed by atoms with Gasteiger partial charge in [0.15, 0.2) is 0 Å². The molecule has 0 aliphatic heterocycles. The zero-order valence-corrected chi connectivity index (χ0v) is 13.2. The Morgan fingerprint density at radius 2 is 2.10 bits per heavy atom. The Morgan fingerprint density at radius 1 is 1.33 bits per heavy atom. The highest BCUT2D eigenvalue weighted by molar-refractivity contribution is 9.10. The second-order valence-corrected chi connectivity index (χ2v) is 5.56. The number of halogens is 2. The van der Waals surface area contributed by atoms with E-state index in [9.17, 15) is 9.18 Å². The number of esters is 1. The third-order valence-corrected chi connectivity index (χ3v) is 3.05. The minimum absolute atomic E-state index is 0.175. The lowest BCUT2D eigenvalue weighted by molar-refractivity contribution is -0.141. The third-order valence-electron chi connectivity index (χ3n) is 2.56. The van der Waals surface area contributed by atoms with Crippen molar-refractivity contribution in [2.75, 3.05) is 0 Å². The highest BCUT2D eigenvalue weighted by Gasteiger charge is 2.09. The normalized spacial score (nSPS) is 11.3. The van der Waals surface area contributed by atoms with Gasteiger partial charge in [0.2, 0.25) is 0 Å². The highest BCUT2D eigenvalue weighted by Crippen LogP contribution is 2.27. The lowest BCUT2D eigenvalue weighted by Crippen LogP contribution is -2.08. The molecule has 2 aromatic rings. The Labute approximate surface area is 130 Å². The fraction of sp³-hybridized carbons (Fsp3) is 0.188. The summed E-state index contributed by atoms with van der Waals surface area (Å²) >= 11 is 3.20. The van der Waals surface area contributed by atoms with Crippen molar-refractivity contribution in [2.45, 2.75) is 20.0 Å². The van der Waals surface area contributed by atoms with Gasteiger partial charge in [-0.3, -0.25) is 0 Å². The van der Waals surface area contributed by atoms with E-state index >= 15 is 0 Å². The topological polar surface area (TPSA) is 39.4 Å². The summed E-state index contributed by atoms with van der Waals surface area (Å²) in [5.74, 6) is 0.0242. The number of furan rings is 1. The first-order chi connectivity index (χ1) is 9.95. The van der Waals surface area contributed by atoms with E-state index < -0.39 is 5.97 Å². The predicted molar refractivity (Wildman–Crippen MR) is 82.1 cm³/mol. The zero-order valence-electron chi connectivity index (χ0n) is 11.6. The number of carbonyl (C=O) groups is 1. The van der Waals surface area contributed by atoms with Crippen molar-refractivity contribution in [3.63, 3.8) is 0 Å². The van der Waals surface area contributed by atoms with E-state index in [1.165, 1.54) is 18.2 Å². The fourth-order valence-electron chi connectivity index (χ4n) is 1.70. The van der Waals surface area contributed by atoms with Crippen molar-refractivity contribution in [1.29, 1.82) is 0 Å². The van der Waals surface area contributed by atoms with Gasteiger partial charge in [-0.25, -0.2) is 9.18 Å². The average Bonchev–Trinajstić information content (AvgIpc) is 2.84. The molecule has 0 bridgehead atoms. The van der Waals surface area contributed by atoms with Gasteiger partial charge in [0.25, 0.3) is 0 Å². The molecule has 2 rings (SSSR count). The van der Waals surface area contributed by atoms with Gasteiger partial charge in [-0.1, -0.05) is 15.9 Å². The fourth-order valence-corrected chi connectivity index (χ4v) is 2.03. The number of ether oxygens (including phenoxy) is 1. The van der Waals surface area contributed by atoms with Crippen LogP contribution in [0.5, 0.6) is 0 Å². The summed E-state index contributed by atoms with van der Waals surface area (Å²) in [5, 5.41) is 0. The molecular weight excluding hydrogens is 339 g/mol. The molecule has 0 N–H and O–H groups in total. The van der Waals surface area contributed by atoms with Gasteiger partial charge >= 0.3 is 5.97 Å². The molecule has 5 heteroatoms. The highest BCUT2D eigenvalue weighted by atomic mass is 79.9. The van der Waals surface area contributed by atoms with Crippen LogP contribution in [-0.4, -0.2) is 12.1 Å². The number of rotatable bonds is 4.